The van der Waals surface area contributed by atoms with E-state index < -0.39 is 0 Å². The average molecular weight is 255 g/mol. The average Bonchev–Trinajstić information content (AvgIpc) is 2.74. The van der Waals surface area contributed by atoms with Crippen molar-refractivity contribution in [3.05, 3.63) is 12.4 Å². The molecule has 17 heavy (non-hydrogen) atoms. The molecule has 2 aromatic rings. The number of tetrazole rings is 1. The smallest absolute Gasteiger partial charge is 0.199 e. The number of rotatable bonds is 5. The van der Waals surface area contributed by atoms with Gasteiger partial charge in [-0.2, -0.15) is 4.52 Å². The van der Waals surface area contributed by atoms with Crippen LogP contribution < -0.4 is 5.32 Å². The SMILES string of the molecule is CC(C)(CCCl)CNc1cncc2nnnn12. The number of fused-ring (bicyclic) bond motifs is 1. The van der Waals surface area contributed by atoms with Crippen LogP contribution in [-0.2, 0) is 0 Å². The number of hydrogen-bond donors (Lipinski definition) is 1. The van der Waals surface area contributed by atoms with Crippen LogP contribution in [-0.4, -0.2) is 37.4 Å². The summed E-state index contributed by atoms with van der Waals surface area (Å²) < 4.78 is 1.63. The van der Waals surface area contributed by atoms with E-state index in [-0.39, 0.29) is 5.41 Å². The highest BCUT2D eigenvalue weighted by Gasteiger charge is 2.17. The maximum atomic E-state index is 5.77. The number of nitrogens with one attached hydrogen (secondary N) is 1. The molecule has 0 aliphatic carbocycles. The Hall–Kier alpha value is -1.43. The van der Waals surface area contributed by atoms with Crippen molar-refractivity contribution < 1.29 is 0 Å². The normalized spacial score (nSPS) is 11.9. The zero-order chi connectivity index (χ0) is 12.3. The van der Waals surface area contributed by atoms with Gasteiger partial charge >= 0.3 is 0 Å². The standard InChI is InChI=1S/C10H15ClN6/c1-10(2,3-4-11)7-13-8-5-12-6-9-14-15-16-17(8)9/h5-6,13H,3-4,7H2,1-2H3. The van der Waals surface area contributed by atoms with Crippen molar-refractivity contribution in [3.63, 3.8) is 0 Å². The van der Waals surface area contributed by atoms with Gasteiger partial charge in [0.25, 0.3) is 0 Å². The van der Waals surface area contributed by atoms with E-state index in [9.17, 15) is 0 Å². The first-order valence-corrected chi connectivity index (χ1v) is 5.98. The van der Waals surface area contributed by atoms with Gasteiger partial charge in [-0.3, -0.25) is 4.98 Å². The molecule has 1 N–H and O–H groups in total. The van der Waals surface area contributed by atoms with Crippen LogP contribution in [0.1, 0.15) is 20.3 Å². The Bertz CT molecular complexity index is 494. The minimum Gasteiger partial charge on any atom is -0.368 e. The van der Waals surface area contributed by atoms with E-state index in [1.807, 2.05) is 0 Å². The molecule has 6 nitrogen and oxygen atoms in total. The molecule has 0 saturated heterocycles. The number of alkyl halides is 1. The Morgan fingerprint density at radius 1 is 1.41 bits per heavy atom. The molecule has 0 radical (unpaired) electrons. The Kier molecular flexibility index (Phi) is 3.42. The third kappa shape index (κ3) is 2.82. The molecular formula is C10H15ClN6. The van der Waals surface area contributed by atoms with Gasteiger partial charge in [0.1, 0.15) is 5.82 Å². The molecule has 0 fully saturated rings. The van der Waals surface area contributed by atoms with Gasteiger partial charge in [-0.05, 0) is 22.3 Å². The highest BCUT2D eigenvalue weighted by molar-refractivity contribution is 6.17. The van der Waals surface area contributed by atoms with E-state index in [0.29, 0.717) is 11.5 Å². The summed E-state index contributed by atoms with van der Waals surface area (Å²) in [6, 6.07) is 0. The van der Waals surface area contributed by atoms with Crippen LogP contribution in [0.4, 0.5) is 5.82 Å². The summed E-state index contributed by atoms with van der Waals surface area (Å²) in [5.74, 6) is 1.44. The largest absolute Gasteiger partial charge is 0.368 e. The van der Waals surface area contributed by atoms with Crippen molar-refractivity contribution in [2.45, 2.75) is 20.3 Å². The van der Waals surface area contributed by atoms with E-state index in [1.54, 1.807) is 16.9 Å². The second-order valence-corrected chi connectivity index (χ2v) is 5.08. The van der Waals surface area contributed by atoms with Gasteiger partial charge in [0.2, 0.25) is 0 Å². The lowest BCUT2D eigenvalue weighted by Crippen LogP contribution is -2.24. The molecule has 92 valence electrons. The summed E-state index contributed by atoms with van der Waals surface area (Å²) in [6.45, 7) is 5.12. The van der Waals surface area contributed by atoms with Gasteiger partial charge in [-0.15, -0.1) is 16.7 Å². The zero-order valence-corrected chi connectivity index (χ0v) is 10.6. The minimum absolute atomic E-state index is 0.123. The van der Waals surface area contributed by atoms with Crippen LogP contribution in [0.5, 0.6) is 0 Å². The highest BCUT2D eigenvalue weighted by Crippen LogP contribution is 2.21. The van der Waals surface area contributed by atoms with Crippen molar-refractivity contribution in [1.29, 1.82) is 0 Å². The van der Waals surface area contributed by atoms with E-state index in [0.717, 1.165) is 18.8 Å². The van der Waals surface area contributed by atoms with Gasteiger partial charge in [0, 0.05) is 12.4 Å². The molecule has 2 aromatic heterocycles. The molecule has 0 spiro atoms. The Labute approximate surface area is 104 Å². The van der Waals surface area contributed by atoms with Crippen molar-refractivity contribution >= 4 is 23.1 Å². The first kappa shape index (κ1) is 12.0. The van der Waals surface area contributed by atoms with Gasteiger partial charge in [0.05, 0.1) is 12.4 Å². The monoisotopic (exact) mass is 254 g/mol. The molecule has 0 aliphatic heterocycles. The molecule has 0 aliphatic rings. The molecule has 7 heteroatoms. The molecule has 0 saturated carbocycles. The van der Waals surface area contributed by atoms with Gasteiger partial charge in [0.15, 0.2) is 5.65 Å². The molecule has 0 aromatic carbocycles. The Balaban J connectivity index is 2.11. The van der Waals surface area contributed by atoms with E-state index in [1.165, 1.54) is 0 Å². The van der Waals surface area contributed by atoms with Gasteiger partial charge < -0.3 is 5.32 Å². The fourth-order valence-electron chi connectivity index (χ4n) is 1.47. The Morgan fingerprint density at radius 3 is 3.00 bits per heavy atom. The maximum Gasteiger partial charge on any atom is 0.199 e. The van der Waals surface area contributed by atoms with Crippen LogP contribution in [0.2, 0.25) is 0 Å². The summed E-state index contributed by atoms with van der Waals surface area (Å²) in [6.07, 6.45) is 4.27. The molecule has 0 atom stereocenters. The predicted molar refractivity (Wildman–Crippen MR) is 66.2 cm³/mol. The van der Waals surface area contributed by atoms with E-state index in [2.05, 4.69) is 39.7 Å². The van der Waals surface area contributed by atoms with Crippen LogP contribution >= 0.6 is 11.6 Å². The van der Waals surface area contributed by atoms with Crippen LogP contribution in [0, 0.1) is 5.41 Å². The summed E-state index contributed by atoms with van der Waals surface area (Å²) in [5, 5.41) is 14.6. The lowest BCUT2D eigenvalue weighted by Gasteiger charge is -2.24. The summed E-state index contributed by atoms with van der Waals surface area (Å²) in [7, 11) is 0. The molecule has 0 bridgehead atoms. The van der Waals surface area contributed by atoms with E-state index >= 15 is 0 Å². The third-order valence-corrected chi connectivity index (χ3v) is 2.82. The number of nitrogens with zero attached hydrogens (tertiary/aromatic N) is 5. The number of aromatic nitrogens is 5. The first-order chi connectivity index (χ1) is 8.12. The first-order valence-electron chi connectivity index (χ1n) is 5.44. The lowest BCUT2D eigenvalue weighted by molar-refractivity contribution is 0.378. The number of anilines is 1. The van der Waals surface area contributed by atoms with E-state index in [4.69, 9.17) is 11.6 Å². The number of halogens is 1. The van der Waals surface area contributed by atoms with Crippen molar-refractivity contribution in [2.75, 3.05) is 17.7 Å². The van der Waals surface area contributed by atoms with Crippen LogP contribution in [0.3, 0.4) is 0 Å². The van der Waals surface area contributed by atoms with Gasteiger partial charge in [-0.25, -0.2) is 0 Å². The zero-order valence-electron chi connectivity index (χ0n) is 9.89. The maximum absolute atomic E-state index is 5.77. The highest BCUT2D eigenvalue weighted by atomic mass is 35.5. The number of hydrogen-bond acceptors (Lipinski definition) is 5. The summed E-state index contributed by atoms with van der Waals surface area (Å²) in [4.78, 5) is 4.08. The predicted octanol–water partition coefficient (Wildman–Crippen LogP) is 1.59. The summed E-state index contributed by atoms with van der Waals surface area (Å²) >= 11 is 5.77. The van der Waals surface area contributed by atoms with Crippen molar-refractivity contribution in [3.8, 4) is 0 Å². The fraction of sp³-hybridized carbons (Fsp3) is 0.600. The van der Waals surface area contributed by atoms with Crippen molar-refractivity contribution in [1.82, 2.24) is 25.0 Å². The topological polar surface area (TPSA) is 68.0 Å². The van der Waals surface area contributed by atoms with Gasteiger partial charge in [-0.1, -0.05) is 13.8 Å². The second kappa shape index (κ2) is 4.83. The Morgan fingerprint density at radius 2 is 2.24 bits per heavy atom. The fourth-order valence-corrected chi connectivity index (χ4v) is 1.98. The molecule has 2 heterocycles. The second-order valence-electron chi connectivity index (χ2n) is 4.70. The third-order valence-electron chi connectivity index (χ3n) is 2.63. The minimum atomic E-state index is 0.123. The van der Waals surface area contributed by atoms with Crippen LogP contribution in [0.25, 0.3) is 5.65 Å². The molecule has 0 amide bonds. The molecule has 2 rings (SSSR count). The molecule has 0 unspecified atom stereocenters. The molecular weight excluding hydrogens is 240 g/mol. The lowest BCUT2D eigenvalue weighted by atomic mass is 9.90. The quantitative estimate of drug-likeness (QED) is 0.821. The summed E-state index contributed by atoms with van der Waals surface area (Å²) in [5.41, 5.74) is 0.753. The van der Waals surface area contributed by atoms with Crippen molar-refractivity contribution in [2.24, 2.45) is 5.41 Å². The van der Waals surface area contributed by atoms with Crippen LogP contribution in [0.15, 0.2) is 12.4 Å².